The number of amides is 1. The van der Waals surface area contributed by atoms with E-state index in [1.165, 1.54) is 17.0 Å². The van der Waals surface area contributed by atoms with E-state index in [9.17, 15) is 9.18 Å². The van der Waals surface area contributed by atoms with Crippen LogP contribution < -0.4 is 5.32 Å². The van der Waals surface area contributed by atoms with Crippen LogP contribution in [0.15, 0.2) is 42.5 Å². The predicted molar refractivity (Wildman–Crippen MR) is 83.2 cm³/mol. The van der Waals surface area contributed by atoms with Crippen LogP contribution in [0.4, 0.5) is 10.1 Å². The van der Waals surface area contributed by atoms with Gasteiger partial charge in [-0.05, 0) is 36.4 Å². The van der Waals surface area contributed by atoms with Gasteiger partial charge in [0.2, 0.25) is 0 Å². The van der Waals surface area contributed by atoms with Gasteiger partial charge in [0.15, 0.2) is 0 Å². The summed E-state index contributed by atoms with van der Waals surface area (Å²) in [5.74, 6) is -0.389. The molecular formula is C16H16ClFN2O. The number of nitrogens with zero attached hydrogens (tertiary/aromatic N) is 1. The van der Waals surface area contributed by atoms with Gasteiger partial charge in [-0.2, -0.15) is 0 Å². The molecule has 2 aromatic rings. The van der Waals surface area contributed by atoms with Crippen molar-refractivity contribution in [2.24, 2.45) is 0 Å². The number of carbonyl (C=O) groups excluding carboxylic acids is 1. The Bertz CT molecular complexity index is 658. The lowest BCUT2D eigenvalue weighted by Gasteiger charge is -2.12. The molecule has 0 aliphatic rings. The topological polar surface area (TPSA) is 32.3 Å². The Hall–Kier alpha value is -2.07. The van der Waals surface area contributed by atoms with Crippen molar-refractivity contribution in [3.8, 4) is 0 Å². The van der Waals surface area contributed by atoms with E-state index in [1.807, 2.05) is 6.07 Å². The first-order valence-electron chi connectivity index (χ1n) is 6.47. The lowest BCUT2D eigenvalue weighted by atomic mass is 10.1. The smallest absolute Gasteiger partial charge is 0.253 e. The Morgan fingerprint density at radius 2 is 2.00 bits per heavy atom. The molecule has 21 heavy (non-hydrogen) atoms. The van der Waals surface area contributed by atoms with Gasteiger partial charge < -0.3 is 10.2 Å². The molecule has 0 aliphatic carbocycles. The molecule has 3 nitrogen and oxygen atoms in total. The fourth-order valence-electron chi connectivity index (χ4n) is 1.90. The summed E-state index contributed by atoms with van der Waals surface area (Å²) in [4.78, 5) is 13.4. The van der Waals surface area contributed by atoms with Gasteiger partial charge in [0.1, 0.15) is 5.82 Å². The average molecular weight is 307 g/mol. The van der Waals surface area contributed by atoms with Gasteiger partial charge in [0.05, 0.1) is 0 Å². The summed E-state index contributed by atoms with van der Waals surface area (Å²) < 4.78 is 13.6. The molecule has 0 radical (unpaired) electrons. The molecule has 5 heteroatoms. The van der Waals surface area contributed by atoms with Crippen molar-refractivity contribution in [2.45, 2.75) is 6.54 Å². The zero-order valence-electron chi connectivity index (χ0n) is 11.9. The van der Waals surface area contributed by atoms with Gasteiger partial charge in [0, 0.05) is 42.5 Å². The van der Waals surface area contributed by atoms with E-state index in [4.69, 9.17) is 11.6 Å². The Labute approximate surface area is 128 Å². The second-order valence-corrected chi connectivity index (χ2v) is 5.31. The van der Waals surface area contributed by atoms with Crippen molar-refractivity contribution in [1.82, 2.24) is 4.90 Å². The third-order valence-electron chi connectivity index (χ3n) is 3.01. The molecule has 0 saturated heterocycles. The molecule has 0 heterocycles. The molecule has 1 amide bonds. The highest BCUT2D eigenvalue weighted by atomic mass is 35.5. The van der Waals surface area contributed by atoms with Crippen molar-refractivity contribution < 1.29 is 9.18 Å². The normalized spacial score (nSPS) is 10.3. The van der Waals surface area contributed by atoms with Gasteiger partial charge in [0.25, 0.3) is 5.91 Å². The minimum absolute atomic E-state index is 0.0763. The van der Waals surface area contributed by atoms with Crippen LogP contribution in [0.1, 0.15) is 15.9 Å². The minimum atomic E-state index is -0.313. The van der Waals surface area contributed by atoms with E-state index in [0.29, 0.717) is 22.7 Å². The summed E-state index contributed by atoms with van der Waals surface area (Å²) in [6.07, 6.45) is 0. The van der Waals surface area contributed by atoms with Crippen LogP contribution >= 0.6 is 11.6 Å². The second kappa shape index (κ2) is 6.59. The van der Waals surface area contributed by atoms with Gasteiger partial charge in [-0.15, -0.1) is 0 Å². The fraction of sp³-hybridized carbons (Fsp3) is 0.188. The van der Waals surface area contributed by atoms with Crippen LogP contribution in [0, 0.1) is 5.82 Å². The maximum atomic E-state index is 13.6. The summed E-state index contributed by atoms with van der Waals surface area (Å²) in [6.45, 7) is 0.298. The van der Waals surface area contributed by atoms with Gasteiger partial charge in [-0.3, -0.25) is 4.79 Å². The fourth-order valence-corrected chi connectivity index (χ4v) is 2.09. The molecule has 0 unspecified atom stereocenters. The van der Waals surface area contributed by atoms with Crippen molar-refractivity contribution in [3.63, 3.8) is 0 Å². The number of benzene rings is 2. The van der Waals surface area contributed by atoms with Crippen molar-refractivity contribution >= 4 is 23.2 Å². The summed E-state index contributed by atoms with van der Waals surface area (Å²) in [5.41, 5.74) is 1.81. The molecule has 0 saturated carbocycles. The van der Waals surface area contributed by atoms with E-state index in [1.54, 1.807) is 38.4 Å². The Morgan fingerprint density at radius 3 is 2.71 bits per heavy atom. The number of anilines is 1. The maximum Gasteiger partial charge on any atom is 0.253 e. The number of halogens is 2. The van der Waals surface area contributed by atoms with Gasteiger partial charge in [-0.1, -0.05) is 17.7 Å². The highest BCUT2D eigenvalue weighted by molar-refractivity contribution is 6.30. The highest BCUT2D eigenvalue weighted by Gasteiger charge is 2.08. The molecule has 0 aliphatic heterocycles. The van der Waals surface area contributed by atoms with E-state index >= 15 is 0 Å². The van der Waals surface area contributed by atoms with Crippen LogP contribution in [0.25, 0.3) is 0 Å². The Morgan fingerprint density at radius 1 is 1.24 bits per heavy atom. The van der Waals surface area contributed by atoms with E-state index in [-0.39, 0.29) is 11.7 Å². The number of hydrogen-bond donors (Lipinski definition) is 1. The number of nitrogens with one attached hydrogen (secondary N) is 1. The molecule has 0 aromatic heterocycles. The zero-order chi connectivity index (χ0) is 15.4. The quantitative estimate of drug-likeness (QED) is 0.932. The maximum absolute atomic E-state index is 13.6. The molecule has 0 atom stereocenters. The van der Waals surface area contributed by atoms with Crippen molar-refractivity contribution in [3.05, 3.63) is 64.4 Å². The third kappa shape index (κ3) is 3.95. The highest BCUT2D eigenvalue weighted by Crippen LogP contribution is 2.17. The first kappa shape index (κ1) is 15.3. The molecule has 0 spiro atoms. The Balaban J connectivity index is 2.12. The molecule has 2 rings (SSSR count). The molecule has 110 valence electrons. The number of carbonyl (C=O) groups is 1. The standard InChI is InChI=1S/C16H16ClFN2O/c1-20(2)16(21)11-4-3-5-14(9-11)19-10-12-8-13(17)6-7-15(12)18/h3-9,19H,10H2,1-2H3. The zero-order valence-corrected chi connectivity index (χ0v) is 12.6. The van der Waals surface area contributed by atoms with Gasteiger partial charge in [-0.25, -0.2) is 4.39 Å². The predicted octanol–water partition coefficient (Wildman–Crippen LogP) is 3.79. The van der Waals surface area contributed by atoms with E-state index in [0.717, 1.165) is 5.69 Å². The molecule has 1 N–H and O–H groups in total. The van der Waals surface area contributed by atoms with Crippen LogP contribution in [-0.4, -0.2) is 24.9 Å². The molecule has 2 aromatic carbocycles. The molecule has 0 fully saturated rings. The van der Waals surface area contributed by atoms with Crippen LogP contribution in [0.2, 0.25) is 5.02 Å². The number of hydrogen-bond acceptors (Lipinski definition) is 2. The lowest BCUT2D eigenvalue weighted by Crippen LogP contribution is -2.21. The van der Waals surface area contributed by atoms with Crippen LogP contribution in [0.5, 0.6) is 0 Å². The number of rotatable bonds is 4. The van der Waals surface area contributed by atoms with E-state index < -0.39 is 0 Å². The van der Waals surface area contributed by atoms with Gasteiger partial charge >= 0.3 is 0 Å². The lowest BCUT2D eigenvalue weighted by molar-refractivity contribution is 0.0827. The SMILES string of the molecule is CN(C)C(=O)c1cccc(NCc2cc(Cl)ccc2F)c1. The van der Waals surface area contributed by atoms with Crippen molar-refractivity contribution in [1.29, 1.82) is 0 Å². The molecule has 0 bridgehead atoms. The average Bonchev–Trinajstić information content (AvgIpc) is 2.47. The summed E-state index contributed by atoms with van der Waals surface area (Å²) >= 11 is 5.86. The largest absolute Gasteiger partial charge is 0.381 e. The summed E-state index contributed by atoms with van der Waals surface area (Å²) in [6, 6.07) is 11.5. The first-order chi connectivity index (χ1) is 9.97. The monoisotopic (exact) mass is 306 g/mol. The van der Waals surface area contributed by atoms with Crippen LogP contribution in [0.3, 0.4) is 0 Å². The summed E-state index contributed by atoms with van der Waals surface area (Å²) in [5, 5.41) is 3.58. The second-order valence-electron chi connectivity index (χ2n) is 4.87. The molecular weight excluding hydrogens is 291 g/mol. The third-order valence-corrected chi connectivity index (χ3v) is 3.24. The van der Waals surface area contributed by atoms with Crippen molar-refractivity contribution in [2.75, 3.05) is 19.4 Å². The Kier molecular flexibility index (Phi) is 4.81. The first-order valence-corrected chi connectivity index (χ1v) is 6.84. The van der Waals surface area contributed by atoms with Crippen LogP contribution in [-0.2, 0) is 6.54 Å². The minimum Gasteiger partial charge on any atom is -0.381 e. The summed E-state index contributed by atoms with van der Waals surface area (Å²) in [7, 11) is 3.40. The van der Waals surface area contributed by atoms with E-state index in [2.05, 4.69) is 5.32 Å².